The van der Waals surface area contributed by atoms with Crippen LogP contribution in [0.3, 0.4) is 0 Å². The Balaban J connectivity index is 1.11. The number of hydrogen-bond acceptors (Lipinski definition) is 0. The molecule has 10 aromatic rings. The van der Waals surface area contributed by atoms with Gasteiger partial charge >= 0.3 is 0 Å². The molecule has 0 saturated carbocycles. The third-order valence-electron chi connectivity index (χ3n) is 11.2. The average molecular weight is 679 g/mol. The number of fused-ring (bicyclic) bond motifs is 9. The van der Waals surface area contributed by atoms with Crippen molar-refractivity contribution < 1.29 is 0 Å². The van der Waals surface area contributed by atoms with Gasteiger partial charge in [-0.25, -0.2) is 0 Å². The first-order chi connectivity index (χ1) is 25.7. The zero-order valence-electron chi connectivity index (χ0n) is 28.8. The molecule has 0 saturated heterocycles. The van der Waals surface area contributed by atoms with Crippen molar-refractivity contribution in [3.63, 3.8) is 0 Å². The van der Waals surface area contributed by atoms with Crippen molar-refractivity contribution in [2.24, 2.45) is 0 Å². The lowest BCUT2D eigenvalue weighted by molar-refractivity contribution is 1.17. The van der Waals surface area contributed by atoms with E-state index in [1.54, 1.807) is 10.4 Å². The molecule has 0 unspecified atom stereocenters. The van der Waals surface area contributed by atoms with E-state index >= 15 is 0 Å². The summed E-state index contributed by atoms with van der Waals surface area (Å²) in [6.45, 7) is 2.14. The number of para-hydroxylation sites is 2. The summed E-state index contributed by atoms with van der Waals surface area (Å²) < 4.78 is 4.82. The summed E-state index contributed by atoms with van der Waals surface area (Å²) in [6.07, 6.45) is 0. The van der Waals surface area contributed by atoms with Crippen LogP contribution in [0, 0.1) is 6.92 Å². The zero-order valence-corrected chi connectivity index (χ0v) is 30.3. The summed E-state index contributed by atoms with van der Waals surface area (Å²) in [5.74, 6) is 0. The highest BCUT2D eigenvalue weighted by molar-refractivity contribution is 6.74. The molecule has 3 heteroatoms. The molecule has 0 radical (unpaired) electrons. The van der Waals surface area contributed by atoms with Crippen molar-refractivity contribution in [1.29, 1.82) is 0 Å². The second-order valence-corrected chi connectivity index (χ2v) is 16.0. The van der Waals surface area contributed by atoms with Gasteiger partial charge < -0.3 is 9.13 Å². The molecule has 0 atom stereocenters. The lowest BCUT2D eigenvalue weighted by Crippen LogP contribution is -2.22. The highest BCUT2D eigenvalue weighted by Crippen LogP contribution is 2.39. The highest BCUT2D eigenvalue weighted by Gasteiger charge is 2.22. The minimum atomic E-state index is -0.560. The van der Waals surface area contributed by atoms with E-state index in [4.69, 9.17) is 0 Å². The fourth-order valence-electron chi connectivity index (χ4n) is 8.78. The molecule has 8 aromatic carbocycles. The Morgan fingerprint density at radius 1 is 0.365 bits per heavy atom. The second-order valence-electron chi connectivity index (χ2n) is 14.2. The lowest BCUT2D eigenvalue weighted by atomic mass is 9.97. The number of aryl methyl sites for hydroxylation is 1. The molecule has 1 aliphatic heterocycles. The molecular formula is C49H34N2Si. The molecule has 0 fully saturated rings. The summed E-state index contributed by atoms with van der Waals surface area (Å²) in [4.78, 5) is 0. The fraction of sp³-hybridized carbons (Fsp3) is 0.0204. The maximum atomic E-state index is 2.45. The Morgan fingerprint density at radius 3 is 1.62 bits per heavy atom. The van der Waals surface area contributed by atoms with E-state index in [1.807, 2.05) is 0 Å². The first-order valence-corrected chi connectivity index (χ1v) is 19.6. The maximum absolute atomic E-state index is 2.45. The Morgan fingerprint density at radius 2 is 0.885 bits per heavy atom. The van der Waals surface area contributed by atoms with Crippen LogP contribution in [-0.4, -0.2) is 18.7 Å². The monoisotopic (exact) mass is 678 g/mol. The Bertz CT molecular complexity index is 3040. The molecule has 3 heterocycles. The van der Waals surface area contributed by atoms with Crippen molar-refractivity contribution in [2.45, 2.75) is 6.92 Å². The normalized spacial score (nSPS) is 12.7. The quantitative estimate of drug-likeness (QED) is 0.164. The smallest absolute Gasteiger partial charge is 0.0899 e. The third kappa shape index (κ3) is 4.36. The summed E-state index contributed by atoms with van der Waals surface area (Å²) in [5, 5.41) is 8.21. The molecule has 11 rings (SSSR count). The summed E-state index contributed by atoms with van der Waals surface area (Å²) in [6, 6.07) is 65.5. The standard InChI is InChI=1S/C49H34N2Si/c1-31-18-23-36(24-19-31)51-44-16-7-5-12-38(44)41-28-32(20-25-45(41)51)33-21-26-46-42(29-33)43-30-34(22-27-47(43)50(46)35-10-3-2-4-11-35)37-14-9-15-40-39-13-6-8-17-48(39)52-49(37)40/h2-30H,52H2,1H3. The fourth-order valence-corrected chi connectivity index (χ4v) is 10.9. The van der Waals surface area contributed by atoms with E-state index < -0.39 is 9.52 Å². The Hall–Kier alpha value is -6.42. The number of nitrogens with zero attached hydrogens (tertiary/aromatic N) is 2. The second kappa shape index (κ2) is 11.3. The molecule has 2 nitrogen and oxygen atoms in total. The van der Waals surface area contributed by atoms with Gasteiger partial charge in [0.15, 0.2) is 0 Å². The van der Waals surface area contributed by atoms with Crippen molar-refractivity contribution in [2.75, 3.05) is 0 Å². The predicted octanol–water partition coefficient (Wildman–Crippen LogP) is 10.6. The SMILES string of the molecule is Cc1ccc(-n2c3ccccc3c3cc(-c4ccc5c(c4)c4cc(-c6cccc7c6[SiH2]c6ccccc6-7)ccc4n5-c4ccccc4)ccc32)cc1. The van der Waals surface area contributed by atoms with Crippen LogP contribution < -0.4 is 10.4 Å². The van der Waals surface area contributed by atoms with Crippen LogP contribution in [0.5, 0.6) is 0 Å². The summed E-state index contributed by atoms with van der Waals surface area (Å²) >= 11 is 0. The van der Waals surface area contributed by atoms with E-state index in [1.165, 1.54) is 93.9 Å². The van der Waals surface area contributed by atoms with Gasteiger partial charge in [0.05, 0.1) is 31.6 Å². The van der Waals surface area contributed by atoms with Gasteiger partial charge in [0, 0.05) is 32.9 Å². The molecule has 0 amide bonds. The van der Waals surface area contributed by atoms with Gasteiger partial charge in [-0.05, 0) is 112 Å². The van der Waals surface area contributed by atoms with Crippen LogP contribution in [0.25, 0.3) is 88.4 Å². The zero-order chi connectivity index (χ0) is 34.3. The van der Waals surface area contributed by atoms with Gasteiger partial charge in [-0.3, -0.25) is 0 Å². The molecule has 0 aliphatic carbocycles. The Kier molecular flexibility index (Phi) is 6.37. The van der Waals surface area contributed by atoms with Crippen molar-refractivity contribution in [3.8, 4) is 44.8 Å². The molecule has 244 valence electrons. The first-order valence-electron chi connectivity index (χ1n) is 18.1. The summed E-state index contributed by atoms with van der Waals surface area (Å²) in [5.41, 5.74) is 16.5. The van der Waals surface area contributed by atoms with Crippen molar-refractivity contribution >= 4 is 63.5 Å². The summed E-state index contributed by atoms with van der Waals surface area (Å²) in [7, 11) is -0.560. The maximum Gasteiger partial charge on any atom is 0.0899 e. The number of benzene rings is 8. The number of rotatable bonds is 4. The van der Waals surface area contributed by atoms with Gasteiger partial charge in [0.25, 0.3) is 0 Å². The molecule has 52 heavy (non-hydrogen) atoms. The number of hydrogen-bond donors (Lipinski definition) is 0. The number of aromatic nitrogens is 2. The minimum Gasteiger partial charge on any atom is -0.309 e. The topological polar surface area (TPSA) is 9.86 Å². The van der Waals surface area contributed by atoms with Crippen LogP contribution in [0.4, 0.5) is 0 Å². The van der Waals surface area contributed by atoms with Crippen molar-refractivity contribution in [3.05, 3.63) is 181 Å². The van der Waals surface area contributed by atoms with E-state index in [-0.39, 0.29) is 0 Å². The van der Waals surface area contributed by atoms with Gasteiger partial charge in [-0.2, -0.15) is 0 Å². The van der Waals surface area contributed by atoms with E-state index in [0.29, 0.717) is 0 Å². The van der Waals surface area contributed by atoms with E-state index in [2.05, 4.69) is 192 Å². The van der Waals surface area contributed by atoms with Crippen LogP contribution in [0.1, 0.15) is 5.56 Å². The molecule has 0 bridgehead atoms. The van der Waals surface area contributed by atoms with E-state index in [0.717, 1.165) is 0 Å². The molecule has 0 N–H and O–H groups in total. The van der Waals surface area contributed by atoms with Crippen LogP contribution >= 0.6 is 0 Å². The van der Waals surface area contributed by atoms with Crippen LogP contribution in [0.15, 0.2) is 176 Å². The van der Waals surface area contributed by atoms with Crippen LogP contribution in [0.2, 0.25) is 0 Å². The predicted molar refractivity (Wildman–Crippen MR) is 224 cm³/mol. The first kappa shape index (κ1) is 29.3. The van der Waals surface area contributed by atoms with Gasteiger partial charge in [-0.15, -0.1) is 0 Å². The Labute approximate surface area is 304 Å². The third-order valence-corrected chi connectivity index (χ3v) is 13.4. The van der Waals surface area contributed by atoms with Crippen LogP contribution in [-0.2, 0) is 0 Å². The molecule has 0 spiro atoms. The average Bonchev–Trinajstić information content (AvgIpc) is 3.85. The largest absolute Gasteiger partial charge is 0.309 e. The van der Waals surface area contributed by atoms with Crippen molar-refractivity contribution in [1.82, 2.24) is 9.13 Å². The molecule has 1 aliphatic rings. The molecule has 2 aromatic heterocycles. The highest BCUT2D eigenvalue weighted by atomic mass is 28.2. The van der Waals surface area contributed by atoms with E-state index in [9.17, 15) is 0 Å². The van der Waals surface area contributed by atoms with Gasteiger partial charge in [0.2, 0.25) is 0 Å². The molecular weight excluding hydrogens is 645 g/mol. The van der Waals surface area contributed by atoms with Gasteiger partial charge in [-0.1, -0.05) is 120 Å². The minimum absolute atomic E-state index is 0.560. The van der Waals surface area contributed by atoms with Gasteiger partial charge in [0.1, 0.15) is 0 Å². The lowest BCUT2D eigenvalue weighted by Gasteiger charge is -2.11.